The van der Waals surface area contributed by atoms with Crippen LogP contribution in [-0.2, 0) is 21.2 Å². The number of carbonyl (C=O) groups is 1. The molecule has 0 radical (unpaired) electrons. The third-order valence-electron chi connectivity index (χ3n) is 4.77. The van der Waals surface area contributed by atoms with Gasteiger partial charge in [0.05, 0.1) is 22.7 Å². The number of hydrogen-bond donors (Lipinski definition) is 0. The molecular formula is C19H20N2O3S2. The summed E-state index contributed by atoms with van der Waals surface area (Å²) in [5, 5.41) is 0.302. The Kier molecular flexibility index (Phi) is 4.23. The Morgan fingerprint density at radius 2 is 1.92 bits per heavy atom. The lowest BCUT2D eigenvalue weighted by Gasteiger charge is -2.30. The van der Waals surface area contributed by atoms with Gasteiger partial charge in [0, 0.05) is 28.8 Å². The number of anilines is 2. The molecule has 0 aromatic heterocycles. The first-order chi connectivity index (χ1) is 12.4. The van der Waals surface area contributed by atoms with Crippen molar-refractivity contribution in [1.29, 1.82) is 0 Å². The molecular weight excluding hydrogens is 368 g/mol. The first kappa shape index (κ1) is 17.4. The number of benzene rings is 2. The third kappa shape index (κ3) is 2.61. The fraction of sp³-hybridized carbons (Fsp3) is 0.316. The monoisotopic (exact) mass is 388 g/mol. The van der Waals surface area contributed by atoms with Gasteiger partial charge in [-0.2, -0.15) is 0 Å². The molecule has 2 aliphatic heterocycles. The van der Waals surface area contributed by atoms with Gasteiger partial charge in [-0.1, -0.05) is 25.1 Å². The lowest BCUT2D eigenvalue weighted by molar-refractivity contribution is -0.117. The zero-order chi connectivity index (χ0) is 18.5. The van der Waals surface area contributed by atoms with Gasteiger partial charge in [-0.15, -0.1) is 11.8 Å². The van der Waals surface area contributed by atoms with Crippen LogP contribution >= 0.6 is 11.8 Å². The first-order valence-electron chi connectivity index (χ1n) is 8.64. The molecule has 0 saturated heterocycles. The van der Waals surface area contributed by atoms with Crippen LogP contribution in [-0.4, -0.2) is 32.7 Å². The molecule has 2 aromatic rings. The predicted molar refractivity (Wildman–Crippen MR) is 104 cm³/mol. The highest BCUT2D eigenvalue weighted by atomic mass is 32.2. The van der Waals surface area contributed by atoms with Crippen molar-refractivity contribution in [2.45, 2.75) is 35.3 Å². The Balaban J connectivity index is 1.86. The summed E-state index contributed by atoms with van der Waals surface area (Å²) in [6, 6.07) is 12.6. The van der Waals surface area contributed by atoms with E-state index in [1.807, 2.05) is 31.2 Å². The SMILES string of the molecule is CCN(c1ccccc1)S(=O)(=O)c1ccc2c3c1CC(=O)N3C[C@H](C)S2. The molecule has 0 spiro atoms. The molecule has 1 atom stereocenters. The molecule has 7 heteroatoms. The van der Waals surface area contributed by atoms with Crippen LogP contribution in [0.4, 0.5) is 11.4 Å². The van der Waals surface area contributed by atoms with E-state index in [2.05, 4.69) is 6.92 Å². The summed E-state index contributed by atoms with van der Waals surface area (Å²) in [7, 11) is -3.75. The molecule has 2 heterocycles. The lowest BCUT2D eigenvalue weighted by atomic mass is 10.1. The van der Waals surface area contributed by atoms with Crippen LogP contribution in [0.3, 0.4) is 0 Å². The van der Waals surface area contributed by atoms with E-state index in [9.17, 15) is 13.2 Å². The zero-order valence-electron chi connectivity index (χ0n) is 14.7. The molecule has 5 nitrogen and oxygen atoms in total. The smallest absolute Gasteiger partial charge is 0.264 e. The third-order valence-corrected chi connectivity index (χ3v) is 7.89. The Hall–Kier alpha value is -1.99. The minimum atomic E-state index is -3.75. The van der Waals surface area contributed by atoms with Crippen molar-refractivity contribution in [3.8, 4) is 0 Å². The first-order valence-corrected chi connectivity index (χ1v) is 11.0. The summed E-state index contributed by atoms with van der Waals surface area (Å²) in [5.41, 5.74) is 2.06. The van der Waals surface area contributed by atoms with Crippen molar-refractivity contribution in [3.63, 3.8) is 0 Å². The summed E-state index contributed by atoms with van der Waals surface area (Å²) in [4.78, 5) is 15.5. The number of amides is 1. The van der Waals surface area contributed by atoms with Crippen LogP contribution in [0, 0.1) is 0 Å². The Labute approximate surface area is 158 Å². The molecule has 0 bridgehead atoms. The van der Waals surface area contributed by atoms with Gasteiger partial charge >= 0.3 is 0 Å². The second-order valence-electron chi connectivity index (χ2n) is 6.50. The van der Waals surface area contributed by atoms with Crippen LogP contribution in [0.15, 0.2) is 52.3 Å². The van der Waals surface area contributed by atoms with E-state index < -0.39 is 10.0 Å². The summed E-state index contributed by atoms with van der Waals surface area (Å²) in [6.07, 6.45) is 0.150. The van der Waals surface area contributed by atoms with E-state index >= 15 is 0 Å². The molecule has 26 heavy (non-hydrogen) atoms. The quantitative estimate of drug-likeness (QED) is 0.807. The van der Waals surface area contributed by atoms with Crippen molar-refractivity contribution < 1.29 is 13.2 Å². The zero-order valence-corrected chi connectivity index (χ0v) is 16.3. The molecule has 2 aromatic carbocycles. The number of hydrogen-bond acceptors (Lipinski definition) is 4. The average Bonchev–Trinajstić information content (AvgIpc) is 2.93. The van der Waals surface area contributed by atoms with Crippen molar-refractivity contribution in [3.05, 3.63) is 48.0 Å². The highest BCUT2D eigenvalue weighted by molar-refractivity contribution is 8.00. The molecule has 0 N–H and O–H groups in total. The fourth-order valence-electron chi connectivity index (χ4n) is 3.68. The van der Waals surface area contributed by atoms with E-state index in [0.29, 0.717) is 29.6 Å². The maximum atomic E-state index is 13.4. The molecule has 0 saturated carbocycles. The highest BCUT2D eigenvalue weighted by Gasteiger charge is 2.39. The van der Waals surface area contributed by atoms with Gasteiger partial charge in [-0.3, -0.25) is 9.10 Å². The van der Waals surface area contributed by atoms with Gasteiger partial charge in [-0.05, 0) is 31.2 Å². The number of para-hydroxylation sites is 1. The summed E-state index contributed by atoms with van der Waals surface area (Å²) in [6.45, 7) is 4.85. The van der Waals surface area contributed by atoms with Gasteiger partial charge < -0.3 is 4.90 Å². The second kappa shape index (κ2) is 6.32. The number of nitrogens with zero attached hydrogens (tertiary/aromatic N) is 2. The minimum absolute atomic E-state index is 0.0150. The van der Waals surface area contributed by atoms with Crippen LogP contribution in [0.2, 0.25) is 0 Å². The maximum absolute atomic E-state index is 13.4. The van der Waals surface area contributed by atoms with Crippen molar-refractivity contribution in [1.82, 2.24) is 0 Å². The Morgan fingerprint density at radius 3 is 2.62 bits per heavy atom. The summed E-state index contributed by atoms with van der Waals surface area (Å²) < 4.78 is 28.2. The fourth-order valence-corrected chi connectivity index (χ4v) is 6.53. The van der Waals surface area contributed by atoms with Gasteiger partial charge in [0.1, 0.15) is 0 Å². The van der Waals surface area contributed by atoms with E-state index in [0.717, 1.165) is 10.6 Å². The summed E-state index contributed by atoms with van der Waals surface area (Å²) in [5.74, 6) is -0.0150. The predicted octanol–water partition coefficient (Wildman–Crippen LogP) is 3.29. The van der Waals surface area contributed by atoms with Crippen LogP contribution < -0.4 is 9.21 Å². The number of carbonyl (C=O) groups excluding carboxylic acids is 1. The van der Waals surface area contributed by atoms with Crippen molar-refractivity contribution in [2.24, 2.45) is 0 Å². The normalized spacial score (nSPS) is 18.8. The number of thioether (sulfide) groups is 1. The summed E-state index contributed by atoms with van der Waals surface area (Å²) >= 11 is 1.70. The molecule has 0 aliphatic carbocycles. The maximum Gasteiger partial charge on any atom is 0.264 e. The molecule has 4 rings (SSSR count). The standard InChI is InChI=1S/C19H20N2O3S2/c1-3-21(14-7-5-4-6-8-14)26(23,24)17-10-9-16-19-15(17)11-18(22)20(19)12-13(2)25-16/h4-10,13H,3,11-12H2,1-2H3/t13-/m0/s1. The van der Waals surface area contributed by atoms with Gasteiger partial charge in [0.2, 0.25) is 5.91 Å². The molecule has 2 aliphatic rings. The Bertz CT molecular complexity index is 974. The van der Waals surface area contributed by atoms with Gasteiger partial charge in [0.25, 0.3) is 10.0 Å². The van der Waals surface area contributed by atoms with Crippen molar-refractivity contribution >= 4 is 39.1 Å². The minimum Gasteiger partial charge on any atom is -0.310 e. The highest BCUT2D eigenvalue weighted by Crippen LogP contribution is 2.47. The van der Waals surface area contributed by atoms with Crippen LogP contribution in [0.1, 0.15) is 19.4 Å². The number of rotatable bonds is 4. The lowest BCUT2D eigenvalue weighted by Crippen LogP contribution is -2.35. The van der Waals surface area contributed by atoms with Gasteiger partial charge in [-0.25, -0.2) is 8.42 Å². The van der Waals surface area contributed by atoms with E-state index in [-0.39, 0.29) is 17.2 Å². The van der Waals surface area contributed by atoms with Crippen molar-refractivity contribution in [2.75, 3.05) is 22.3 Å². The second-order valence-corrected chi connectivity index (χ2v) is 9.81. The molecule has 0 unspecified atom stereocenters. The van der Waals surface area contributed by atoms with E-state index in [4.69, 9.17) is 0 Å². The van der Waals surface area contributed by atoms with Crippen LogP contribution in [0.5, 0.6) is 0 Å². The molecule has 136 valence electrons. The average molecular weight is 389 g/mol. The van der Waals surface area contributed by atoms with Crippen LogP contribution in [0.25, 0.3) is 0 Å². The number of sulfonamides is 1. The van der Waals surface area contributed by atoms with E-state index in [1.165, 1.54) is 4.31 Å². The largest absolute Gasteiger partial charge is 0.310 e. The molecule has 1 amide bonds. The molecule has 0 fully saturated rings. The Morgan fingerprint density at radius 1 is 1.19 bits per heavy atom. The van der Waals surface area contributed by atoms with Gasteiger partial charge in [0.15, 0.2) is 0 Å². The van der Waals surface area contributed by atoms with E-state index in [1.54, 1.807) is 34.9 Å². The topological polar surface area (TPSA) is 57.7 Å².